The summed E-state index contributed by atoms with van der Waals surface area (Å²) >= 11 is 0. The van der Waals surface area contributed by atoms with Gasteiger partial charge in [0.25, 0.3) is 0 Å². The summed E-state index contributed by atoms with van der Waals surface area (Å²) in [5.74, 6) is 1.18. The zero-order valence-corrected chi connectivity index (χ0v) is 28.7. The van der Waals surface area contributed by atoms with E-state index in [-0.39, 0.29) is 26.5 Å². The van der Waals surface area contributed by atoms with Gasteiger partial charge in [-0.25, -0.2) is 0 Å². The molecule has 7 rings (SSSR count). The monoisotopic (exact) mass is 783 g/mol. The number of pyridine rings is 1. The predicted molar refractivity (Wildman–Crippen MR) is 181 cm³/mol. The van der Waals surface area contributed by atoms with Crippen LogP contribution in [0, 0.1) is 32.6 Å². The Bertz CT molecular complexity index is 1970. The molecule has 0 saturated heterocycles. The second-order valence-electron chi connectivity index (χ2n) is 12.4. The van der Waals surface area contributed by atoms with Crippen molar-refractivity contribution in [3.8, 4) is 28.3 Å². The molecule has 6 nitrogen and oxygen atoms in total. The summed E-state index contributed by atoms with van der Waals surface area (Å²) in [6, 6.07) is 35.4. The molecule has 0 aliphatic carbocycles. The Morgan fingerprint density at radius 3 is 2.09 bits per heavy atom. The molecule has 3 heterocycles. The minimum atomic E-state index is 0. The number of aryl methyl sites for hydroxylation is 2. The van der Waals surface area contributed by atoms with Gasteiger partial charge in [-0.3, -0.25) is 9.67 Å². The number of rotatable bonds is 6. The van der Waals surface area contributed by atoms with Crippen molar-refractivity contribution in [1.29, 1.82) is 0 Å². The number of ether oxygens (including phenoxy) is 1. The topological polar surface area (TPSA) is 46.4 Å². The van der Waals surface area contributed by atoms with Crippen LogP contribution in [-0.4, -0.2) is 14.8 Å². The van der Waals surface area contributed by atoms with Gasteiger partial charge < -0.3 is 14.5 Å². The van der Waals surface area contributed by atoms with Gasteiger partial charge in [-0.1, -0.05) is 63.2 Å². The van der Waals surface area contributed by atoms with Gasteiger partial charge >= 0.3 is 0 Å². The van der Waals surface area contributed by atoms with Crippen molar-refractivity contribution in [1.82, 2.24) is 14.8 Å². The number of benzene rings is 4. The third-order valence-electron chi connectivity index (χ3n) is 8.05. The van der Waals surface area contributed by atoms with Crippen molar-refractivity contribution in [2.45, 2.75) is 40.0 Å². The van der Waals surface area contributed by atoms with E-state index in [4.69, 9.17) is 4.74 Å². The van der Waals surface area contributed by atoms with E-state index < -0.39 is 0 Å². The molecule has 0 unspecified atom stereocenters. The van der Waals surface area contributed by atoms with Gasteiger partial charge in [0.1, 0.15) is 0 Å². The molecule has 2 aromatic heterocycles. The normalized spacial score (nSPS) is 12.5. The molecule has 0 bridgehead atoms. The number of aromatic nitrogens is 3. The van der Waals surface area contributed by atoms with E-state index in [1.807, 2.05) is 90.1 Å². The van der Waals surface area contributed by atoms with E-state index in [0.717, 1.165) is 39.6 Å². The maximum atomic E-state index is 6.30. The molecule has 1 aliphatic rings. The van der Waals surface area contributed by atoms with E-state index >= 15 is 0 Å². The maximum absolute atomic E-state index is 6.30. The van der Waals surface area contributed by atoms with Gasteiger partial charge in [0.2, 0.25) is 0 Å². The zero-order valence-electron chi connectivity index (χ0n) is 26.4. The molecule has 1 aliphatic heterocycles. The SMILES string of the molecule is Cc1cc(C(C)(C)C)cc(C)c1N1[CH-]N(c2[c-]c(Oc3[c-]c(-n4cc(-c5ccccc5)cn4)ccc3)ccc2)c2ccncc21.[Pt]. The Hall–Kier alpha value is -4.67. The Kier molecular flexibility index (Phi) is 8.59. The smallest absolute Gasteiger partial charge is 0.0571 e. The second kappa shape index (κ2) is 12.6. The Morgan fingerprint density at radius 1 is 0.717 bits per heavy atom. The van der Waals surface area contributed by atoms with Crippen LogP contribution in [0.2, 0.25) is 0 Å². The molecule has 0 spiro atoms. The second-order valence-corrected chi connectivity index (χ2v) is 12.4. The minimum Gasteiger partial charge on any atom is -0.509 e. The molecular formula is C39H34N5OPt-3. The fourth-order valence-electron chi connectivity index (χ4n) is 5.77. The first-order valence-electron chi connectivity index (χ1n) is 15.1. The van der Waals surface area contributed by atoms with Crippen LogP contribution in [0.1, 0.15) is 37.5 Å². The summed E-state index contributed by atoms with van der Waals surface area (Å²) in [5, 5.41) is 4.56. The molecular weight excluding hydrogens is 750 g/mol. The van der Waals surface area contributed by atoms with Crippen molar-refractivity contribution >= 4 is 22.7 Å². The van der Waals surface area contributed by atoms with Crippen LogP contribution in [0.3, 0.4) is 0 Å². The van der Waals surface area contributed by atoms with Crippen LogP contribution >= 0.6 is 0 Å². The molecule has 0 fully saturated rings. The van der Waals surface area contributed by atoms with Crippen LogP contribution in [0.25, 0.3) is 16.8 Å². The number of nitrogens with zero attached hydrogens (tertiary/aromatic N) is 5. The third-order valence-corrected chi connectivity index (χ3v) is 8.05. The molecule has 0 saturated carbocycles. The molecule has 7 heteroatoms. The molecule has 234 valence electrons. The number of hydrogen-bond donors (Lipinski definition) is 0. The summed E-state index contributed by atoms with van der Waals surface area (Å²) in [4.78, 5) is 8.83. The summed E-state index contributed by atoms with van der Waals surface area (Å²) in [6.07, 6.45) is 7.60. The summed E-state index contributed by atoms with van der Waals surface area (Å²) in [6.45, 7) is 13.2. The zero-order chi connectivity index (χ0) is 31.1. The van der Waals surface area contributed by atoms with Crippen molar-refractivity contribution in [2.24, 2.45) is 0 Å². The molecule has 6 aromatic rings. The quantitative estimate of drug-likeness (QED) is 0.158. The van der Waals surface area contributed by atoms with Crippen molar-refractivity contribution in [3.05, 3.63) is 145 Å². The molecule has 0 radical (unpaired) electrons. The van der Waals surface area contributed by atoms with Crippen molar-refractivity contribution < 1.29 is 25.8 Å². The first-order valence-corrected chi connectivity index (χ1v) is 15.1. The molecule has 0 atom stereocenters. The van der Waals surface area contributed by atoms with E-state index in [1.165, 1.54) is 16.7 Å². The summed E-state index contributed by atoms with van der Waals surface area (Å²) < 4.78 is 8.11. The van der Waals surface area contributed by atoms with Gasteiger partial charge in [0.15, 0.2) is 0 Å². The van der Waals surface area contributed by atoms with E-state index in [9.17, 15) is 0 Å². The number of hydrogen-bond acceptors (Lipinski definition) is 5. The molecule has 0 N–H and O–H groups in total. The van der Waals surface area contributed by atoms with Gasteiger partial charge in [0.05, 0.1) is 18.1 Å². The fourth-order valence-corrected chi connectivity index (χ4v) is 5.77. The average molecular weight is 784 g/mol. The van der Waals surface area contributed by atoms with Crippen LogP contribution in [-0.2, 0) is 26.5 Å². The molecule has 4 aromatic carbocycles. The van der Waals surface area contributed by atoms with Gasteiger partial charge in [-0.2, -0.15) is 17.2 Å². The van der Waals surface area contributed by atoms with E-state index in [0.29, 0.717) is 11.5 Å². The predicted octanol–water partition coefficient (Wildman–Crippen LogP) is 9.65. The van der Waals surface area contributed by atoms with Gasteiger partial charge in [0, 0.05) is 61.9 Å². The van der Waals surface area contributed by atoms with Crippen molar-refractivity contribution in [2.75, 3.05) is 9.80 Å². The first kappa shape index (κ1) is 31.3. The van der Waals surface area contributed by atoms with Crippen LogP contribution in [0.4, 0.5) is 22.7 Å². The maximum Gasteiger partial charge on any atom is 0.0571 e. The summed E-state index contributed by atoms with van der Waals surface area (Å²) in [7, 11) is 0. The Balaban J connectivity index is 0.00000372. The third kappa shape index (κ3) is 6.10. The summed E-state index contributed by atoms with van der Waals surface area (Å²) in [5.41, 5.74) is 10.8. The van der Waals surface area contributed by atoms with Crippen molar-refractivity contribution in [3.63, 3.8) is 0 Å². The van der Waals surface area contributed by atoms with Crippen LogP contribution in [0.5, 0.6) is 11.5 Å². The Labute approximate surface area is 285 Å². The molecule has 0 amide bonds. The van der Waals surface area contributed by atoms with E-state index in [2.05, 4.69) is 97.6 Å². The molecule has 46 heavy (non-hydrogen) atoms. The largest absolute Gasteiger partial charge is 0.509 e. The van der Waals surface area contributed by atoms with E-state index in [1.54, 1.807) is 0 Å². The van der Waals surface area contributed by atoms with Crippen LogP contribution < -0.4 is 14.5 Å². The number of anilines is 4. The Morgan fingerprint density at radius 2 is 1.39 bits per heavy atom. The standard InChI is InChI=1S/C39H34N5O.Pt/c1-27-19-31(39(3,4)5)20-28(2)38(27)43-26-42(36-17-18-40-24-37(36)43)32-13-9-15-34(21-32)45-35-16-10-14-33(22-35)44-25-30(23-41-44)29-11-7-6-8-12-29;/h6-20,23-26H,1-5H3;/q-3;. The average Bonchev–Trinajstić information content (AvgIpc) is 3.68. The van der Waals surface area contributed by atoms with Gasteiger partial charge in [-0.05, 0) is 53.3 Å². The first-order chi connectivity index (χ1) is 21.7. The van der Waals surface area contributed by atoms with Gasteiger partial charge in [-0.15, -0.1) is 48.8 Å². The fraction of sp³-hybridized carbons (Fsp3) is 0.154. The van der Waals surface area contributed by atoms with Crippen LogP contribution in [0.15, 0.2) is 110 Å². The number of fused-ring (bicyclic) bond motifs is 1. The minimum absolute atomic E-state index is 0.